The molecule has 0 bridgehead atoms. The van der Waals surface area contributed by atoms with Crippen molar-refractivity contribution in [1.29, 1.82) is 0 Å². The van der Waals surface area contributed by atoms with Crippen molar-refractivity contribution >= 4 is 5.78 Å². The molecule has 0 rings (SSSR count). The lowest BCUT2D eigenvalue weighted by molar-refractivity contribution is -0.125. The minimum Gasteiger partial charge on any atom is -0.394 e. The van der Waals surface area contributed by atoms with Crippen LogP contribution in [-0.4, -0.2) is 30.6 Å². The van der Waals surface area contributed by atoms with Gasteiger partial charge in [0, 0.05) is 5.92 Å². The number of hydrogen-bond acceptors (Lipinski definition) is 3. The summed E-state index contributed by atoms with van der Waals surface area (Å²) >= 11 is 0. The highest BCUT2D eigenvalue weighted by Crippen LogP contribution is 2.04. The SMILES string of the molecule is CC[C@H](C)C(=O)[C@H](CO)NC. The Labute approximate surface area is 67.8 Å². The van der Waals surface area contributed by atoms with Crippen LogP contribution in [0.3, 0.4) is 0 Å². The van der Waals surface area contributed by atoms with E-state index in [0.29, 0.717) is 0 Å². The van der Waals surface area contributed by atoms with Crippen LogP contribution < -0.4 is 5.32 Å². The molecule has 0 unspecified atom stereocenters. The third-order valence-electron chi connectivity index (χ3n) is 1.97. The van der Waals surface area contributed by atoms with E-state index in [4.69, 9.17) is 5.11 Å². The first-order valence-corrected chi connectivity index (χ1v) is 3.99. The van der Waals surface area contributed by atoms with Crippen molar-refractivity contribution in [3.05, 3.63) is 0 Å². The fourth-order valence-electron chi connectivity index (χ4n) is 0.868. The van der Waals surface area contributed by atoms with Gasteiger partial charge in [0.05, 0.1) is 12.6 Å². The van der Waals surface area contributed by atoms with Gasteiger partial charge in [-0.05, 0) is 13.5 Å². The number of aliphatic hydroxyl groups excluding tert-OH is 1. The van der Waals surface area contributed by atoms with E-state index >= 15 is 0 Å². The summed E-state index contributed by atoms with van der Waals surface area (Å²) in [6.07, 6.45) is 0.830. The fourth-order valence-corrected chi connectivity index (χ4v) is 0.868. The Bertz CT molecular complexity index is 121. The van der Waals surface area contributed by atoms with Gasteiger partial charge in [-0.3, -0.25) is 4.79 Å². The van der Waals surface area contributed by atoms with E-state index in [0.717, 1.165) is 6.42 Å². The van der Waals surface area contributed by atoms with Crippen LogP contribution in [0.15, 0.2) is 0 Å². The average Bonchev–Trinajstić information content (AvgIpc) is 2.05. The topological polar surface area (TPSA) is 49.3 Å². The van der Waals surface area contributed by atoms with Crippen LogP contribution >= 0.6 is 0 Å². The normalized spacial score (nSPS) is 16.0. The summed E-state index contributed by atoms with van der Waals surface area (Å²) in [7, 11) is 1.68. The molecule has 0 aromatic heterocycles. The minimum absolute atomic E-state index is 0.0413. The molecule has 11 heavy (non-hydrogen) atoms. The summed E-state index contributed by atoms with van der Waals surface area (Å²) in [6.45, 7) is 3.73. The molecular weight excluding hydrogens is 142 g/mol. The van der Waals surface area contributed by atoms with E-state index < -0.39 is 0 Å². The van der Waals surface area contributed by atoms with Crippen molar-refractivity contribution in [2.45, 2.75) is 26.3 Å². The second kappa shape index (κ2) is 5.27. The van der Waals surface area contributed by atoms with E-state index in [2.05, 4.69) is 5.32 Å². The smallest absolute Gasteiger partial charge is 0.154 e. The highest BCUT2D eigenvalue weighted by Gasteiger charge is 2.19. The highest BCUT2D eigenvalue weighted by molar-refractivity contribution is 5.86. The third kappa shape index (κ3) is 2.99. The summed E-state index contributed by atoms with van der Waals surface area (Å²) in [5, 5.41) is 11.5. The molecule has 0 aliphatic rings. The van der Waals surface area contributed by atoms with E-state index in [9.17, 15) is 4.79 Å². The maximum Gasteiger partial charge on any atom is 0.154 e. The first-order valence-electron chi connectivity index (χ1n) is 3.99. The number of rotatable bonds is 5. The van der Waals surface area contributed by atoms with Gasteiger partial charge in [0.2, 0.25) is 0 Å². The molecule has 3 nitrogen and oxygen atoms in total. The Morgan fingerprint density at radius 3 is 2.45 bits per heavy atom. The molecule has 66 valence electrons. The van der Waals surface area contributed by atoms with Gasteiger partial charge in [-0.2, -0.15) is 0 Å². The molecule has 2 N–H and O–H groups in total. The van der Waals surface area contributed by atoms with Crippen LogP contribution in [0.1, 0.15) is 20.3 Å². The second-order valence-corrected chi connectivity index (χ2v) is 2.74. The van der Waals surface area contributed by atoms with E-state index in [1.807, 2.05) is 13.8 Å². The fraction of sp³-hybridized carbons (Fsp3) is 0.875. The van der Waals surface area contributed by atoms with Gasteiger partial charge in [-0.1, -0.05) is 13.8 Å². The van der Waals surface area contributed by atoms with Crippen molar-refractivity contribution in [3.8, 4) is 0 Å². The number of ketones is 1. The first-order chi connectivity index (χ1) is 5.17. The number of nitrogens with one attached hydrogen (secondary N) is 1. The number of aliphatic hydroxyl groups is 1. The van der Waals surface area contributed by atoms with Gasteiger partial charge < -0.3 is 10.4 Å². The van der Waals surface area contributed by atoms with Gasteiger partial charge in [0.1, 0.15) is 0 Å². The van der Waals surface area contributed by atoms with Gasteiger partial charge in [-0.25, -0.2) is 0 Å². The van der Waals surface area contributed by atoms with Crippen LogP contribution in [0, 0.1) is 5.92 Å². The number of likely N-dealkylation sites (N-methyl/N-ethyl adjacent to an activating group) is 1. The van der Waals surface area contributed by atoms with Crippen molar-refractivity contribution in [1.82, 2.24) is 5.32 Å². The lowest BCUT2D eigenvalue weighted by Crippen LogP contribution is -2.40. The van der Waals surface area contributed by atoms with E-state index in [-0.39, 0.29) is 24.3 Å². The number of carbonyl (C=O) groups is 1. The maximum absolute atomic E-state index is 11.3. The maximum atomic E-state index is 11.3. The van der Waals surface area contributed by atoms with Gasteiger partial charge >= 0.3 is 0 Å². The number of hydrogen-bond donors (Lipinski definition) is 2. The molecule has 0 aliphatic carbocycles. The molecular formula is C8H17NO2. The standard InChI is InChI=1S/C8H17NO2/c1-4-6(2)8(11)7(5-10)9-3/h6-7,9-10H,4-5H2,1-3H3/t6-,7-/m0/s1. The van der Waals surface area contributed by atoms with Crippen LogP contribution in [0.25, 0.3) is 0 Å². The summed E-state index contributed by atoms with van der Waals surface area (Å²) in [5.74, 6) is 0.136. The lowest BCUT2D eigenvalue weighted by atomic mass is 9.98. The molecule has 0 saturated heterocycles. The Morgan fingerprint density at radius 2 is 2.18 bits per heavy atom. The summed E-state index contributed by atoms with van der Waals surface area (Å²) in [4.78, 5) is 11.3. The van der Waals surface area contributed by atoms with Crippen molar-refractivity contribution < 1.29 is 9.90 Å². The molecule has 0 radical (unpaired) electrons. The minimum atomic E-state index is -0.384. The summed E-state index contributed by atoms with van der Waals surface area (Å²) in [6, 6.07) is -0.384. The van der Waals surface area contributed by atoms with Crippen LogP contribution in [0.4, 0.5) is 0 Å². The molecule has 0 amide bonds. The second-order valence-electron chi connectivity index (χ2n) is 2.74. The molecule has 2 atom stereocenters. The van der Waals surface area contributed by atoms with Crippen LogP contribution in [-0.2, 0) is 4.79 Å². The Kier molecular flexibility index (Phi) is 5.07. The Balaban J connectivity index is 3.97. The highest BCUT2D eigenvalue weighted by atomic mass is 16.3. The molecule has 3 heteroatoms. The summed E-state index contributed by atoms with van der Waals surface area (Å²) in [5.41, 5.74) is 0. The van der Waals surface area contributed by atoms with Gasteiger partial charge in [-0.15, -0.1) is 0 Å². The quantitative estimate of drug-likeness (QED) is 0.601. The van der Waals surface area contributed by atoms with Gasteiger partial charge in [0.25, 0.3) is 0 Å². The lowest BCUT2D eigenvalue weighted by Gasteiger charge is -2.15. The van der Waals surface area contributed by atoms with E-state index in [1.54, 1.807) is 7.05 Å². The van der Waals surface area contributed by atoms with Crippen LogP contribution in [0.2, 0.25) is 0 Å². The first kappa shape index (κ1) is 10.6. The predicted octanol–water partition coefficient (Wildman–Crippen LogP) is 0.182. The number of carbonyl (C=O) groups excluding carboxylic acids is 1. The molecule has 0 saturated carbocycles. The third-order valence-corrected chi connectivity index (χ3v) is 1.97. The molecule has 0 spiro atoms. The molecule has 0 aromatic carbocycles. The zero-order valence-corrected chi connectivity index (χ0v) is 7.42. The average molecular weight is 159 g/mol. The van der Waals surface area contributed by atoms with E-state index in [1.165, 1.54) is 0 Å². The zero-order valence-electron chi connectivity index (χ0n) is 7.42. The van der Waals surface area contributed by atoms with Crippen molar-refractivity contribution in [3.63, 3.8) is 0 Å². The molecule has 0 heterocycles. The number of Topliss-reactive ketones (excluding diaryl/α,β-unsaturated/α-hetero) is 1. The Morgan fingerprint density at radius 1 is 1.64 bits per heavy atom. The van der Waals surface area contributed by atoms with Gasteiger partial charge in [0.15, 0.2) is 5.78 Å². The Hall–Kier alpha value is -0.410. The largest absolute Gasteiger partial charge is 0.394 e. The molecule has 0 aliphatic heterocycles. The molecule has 0 aromatic rings. The van der Waals surface area contributed by atoms with Crippen molar-refractivity contribution in [2.75, 3.05) is 13.7 Å². The zero-order chi connectivity index (χ0) is 8.85. The predicted molar refractivity (Wildman–Crippen MR) is 44.4 cm³/mol. The van der Waals surface area contributed by atoms with Crippen LogP contribution in [0.5, 0.6) is 0 Å². The van der Waals surface area contributed by atoms with Crippen molar-refractivity contribution in [2.24, 2.45) is 5.92 Å². The summed E-state index contributed by atoms with van der Waals surface area (Å²) < 4.78 is 0. The monoisotopic (exact) mass is 159 g/mol. The molecule has 0 fully saturated rings.